The minimum Gasteiger partial charge on any atom is -0.381 e. The summed E-state index contributed by atoms with van der Waals surface area (Å²) < 4.78 is 6.68. The van der Waals surface area contributed by atoms with Gasteiger partial charge in [-0.15, -0.1) is 0 Å². The Kier molecular flexibility index (Phi) is 3.73. The summed E-state index contributed by atoms with van der Waals surface area (Å²) in [6.45, 7) is 4.16. The van der Waals surface area contributed by atoms with Crippen LogP contribution in [0.2, 0.25) is 0 Å². The Hall–Kier alpha value is -0.380. The highest BCUT2D eigenvalue weighted by atomic mass is 79.9. The normalized spacial score (nSPS) is 28.3. The summed E-state index contributed by atoms with van der Waals surface area (Å²) in [6, 6.07) is 7.76. The first-order valence-electron chi connectivity index (χ1n) is 6.86. The van der Waals surface area contributed by atoms with Crippen molar-refractivity contribution < 1.29 is 4.74 Å². The van der Waals surface area contributed by atoms with E-state index < -0.39 is 0 Å². The molecule has 2 nitrogen and oxygen atoms in total. The summed E-state index contributed by atoms with van der Waals surface area (Å²) >= 11 is 3.55. The summed E-state index contributed by atoms with van der Waals surface area (Å²) in [5.74, 6) is 0.685. The standard InChI is InChI=1S/C15H20BrNO/c1-10(12-6-7-18-9-12)17-15-5-2-11-8-13(16)3-4-14(11)15/h3-4,8,10,12,15,17H,2,5-7,9H2,1H3. The lowest BCUT2D eigenvalue weighted by Crippen LogP contribution is -2.36. The summed E-state index contributed by atoms with van der Waals surface area (Å²) in [4.78, 5) is 0. The van der Waals surface area contributed by atoms with E-state index in [1.54, 1.807) is 0 Å². The van der Waals surface area contributed by atoms with Gasteiger partial charge in [-0.1, -0.05) is 22.0 Å². The molecule has 1 aromatic carbocycles. The average Bonchev–Trinajstić information content (AvgIpc) is 2.98. The van der Waals surface area contributed by atoms with Crippen LogP contribution >= 0.6 is 15.9 Å². The average molecular weight is 310 g/mol. The van der Waals surface area contributed by atoms with Crippen LogP contribution in [-0.4, -0.2) is 19.3 Å². The lowest BCUT2D eigenvalue weighted by molar-refractivity contribution is 0.176. The van der Waals surface area contributed by atoms with Crippen molar-refractivity contribution >= 4 is 15.9 Å². The summed E-state index contributed by atoms with van der Waals surface area (Å²) in [5.41, 5.74) is 2.99. The number of nitrogens with one attached hydrogen (secondary N) is 1. The Morgan fingerprint density at radius 2 is 2.28 bits per heavy atom. The molecular formula is C15H20BrNO. The van der Waals surface area contributed by atoms with Gasteiger partial charge >= 0.3 is 0 Å². The van der Waals surface area contributed by atoms with Crippen molar-refractivity contribution in [2.75, 3.05) is 13.2 Å². The smallest absolute Gasteiger partial charge is 0.0509 e. The van der Waals surface area contributed by atoms with Crippen molar-refractivity contribution in [3.8, 4) is 0 Å². The zero-order valence-electron chi connectivity index (χ0n) is 10.8. The minimum absolute atomic E-state index is 0.531. The number of halogens is 1. The third kappa shape index (κ3) is 2.49. The number of hydrogen-bond acceptors (Lipinski definition) is 2. The molecule has 1 N–H and O–H groups in total. The largest absolute Gasteiger partial charge is 0.381 e. The van der Waals surface area contributed by atoms with Gasteiger partial charge in [0.15, 0.2) is 0 Å². The summed E-state index contributed by atoms with van der Waals surface area (Å²) in [6.07, 6.45) is 3.62. The van der Waals surface area contributed by atoms with Crippen molar-refractivity contribution in [1.82, 2.24) is 5.32 Å². The van der Waals surface area contributed by atoms with Crippen LogP contribution < -0.4 is 5.32 Å². The maximum absolute atomic E-state index is 5.48. The second-order valence-corrected chi connectivity index (χ2v) is 6.43. The number of ether oxygens (including phenoxy) is 1. The topological polar surface area (TPSA) is 21.3 Å². The number of rotatable bonds is 3. The van der Waals surface area contributed by atoms with E-state index in [1.165, 1.54) is 34.9 Å². The molecule has 1 fully saturated rings. The Labute approximate surface area is 117 Å². The van der Waals surface area contributed by atoms with Gasteiger partial charge in [0, 0.05) is 23.2 Å². The molecule has 1 aliphatic heterocycles. The fraction of sp³-hybridized carbons (Fsp3) is 0.600. The molecule has 3 heteroatoms. The summed E-state index contributed by atoms with van der Waals surface area (Å²) in [5, 5.41) is 3.80. The molecule has 1 saturated heterocycles. The van der Waals surface area contributed by atoms with Crippen LogP contribution in [0.15, 0.2) is 22.7 Å². The van der Waals surface area contributed by atoms with Crippen LogP contribution in [0.3, 0.4) is 0 Å². The van der Waals surface area contributed by atoms with Gasteiger partial charge in [0.05, 0.1) is 6.61 Å². The van der Waals surface area contributed by atoms with E-state index in [0.717, 1.165) is 13.2 Å². The van der Waals surface area contributed by atoms with E-state index in [-0.39, 0.29) is 0 Å². The zero-order chi connectivity index (χ0) is 12.5. The molecule has 98 valence electrons. The molecule has 0 aromatic heterocycles. The fourth-order valence-electron chi connectivity index (χ4n) is 3.16. The van der Waals surface area contributed by atoms with Crippen LogP contribution in [0.5, 0.6) is 0 Å². The second kappa shape index (κ2) is 5.32. The van der Waals surface area contributed by atoms with Gasteiger partial charge in [0.1, 0.15) is 0 Å². The fourth-order valence-corrected chi connectivity index (χ4v) is 3.57. The minimum atomic E-state index is 0.531. The Morgan fingerprint density at radius 3 is 3.06 bits per heavy atom. The molecule has 2 aliphatic rings. The lowest BCUT2D eigenvalue weighted by atomic mass is 9.98. The highest BCUT2D eigenvalue weighted by Crippen LogP contribution is 2.34. The van der Waals surface area contributed by atoms with Crippen molar-refractivity contribution in [2.45, 2.75) is 38.3 Å². The Morgan fingerprint density at radius 1 is 1.39 bits per heavy atom. The molecule has 0 spiro atoms. The molecule has 0 saturated carbocycles. The monoisotopic (exact) mass is 309 g/mol. The molecule has 3 atom stereocenters. The Bertz CT molecular complexity index is 429. The maximum atomic E-state index is 5.48. The van der Waals surface area contributed by atoms with Gasteiger partial charge in [-0.2, -0.15) is 0 Å². The van der Waals surface area contributed by atoms with Crippen molar-refractivity contribution in [3.05, 3.63) is 33.8 Å². The first kappa shape index (κ1) is 12.6. The van der Waals surface area contributed by atoms with Crippen molar-refractivity contribution in [1.29, 1.82) is 0 Å². The van der Waals surface area contributed by atoms with E-state index >= 15 is 0 Å². The van der Waals surface area contributed by atoms with Gasteiger partial charge in [-0.3, -0.25) is 0 Å². The zero-order valence-corrected chi connectivity index (χ0v) is 12.4. The number of hydrogen-bond donors (Lipinski definition) is 1. The van der Waals surface area contributed by atoms with E-state index in [4.69, 9.17) is 4.74 Å². The first-order chi connectivity index (χ1) is 8.74. The van der Waals surface area contributed by atoms with Gasteiger partial charge in [0.2, 0.25) is 0 Å². The first-order valence-corrected chi connectivity index (χ1v) is 7.65. The lowest BCUT2D eigenvalue weighted by Gasteiger charge is -2.24. The van der Waals surface area contributed by atoms with E-state index in [1.807, 2.05) is 0 Å². The summed E-state index contributed by atoms with van der Waals surface area (Å²) in [7, 11) is 0. The van der Waals surface area contributed by atoms with E-state index in [0.29, 0.717) is 18.0 Å². The van der Waals surface area contributed by atoms with Crippen LogP contribution in [-0.2, 0) is 11.2 Å². The molecule has 0 amide bonds. The maximum Gasteiger partial charge on any atom is 0.0509 e. The molecule has 1 aliphatic carbocycles. The van der Waals surface area contributed by atoms with E-state index in [2.05, 4.69) is 46.4 Å². The third-order valence-corrected chi connectivity index (χ3v) is 4.81. The molecular weight excluding hydrogens is 290 g/mol. The molecule has 1 heterocycles. The molecule has 3 unspecified atom stereocenters. The quantitative estimate of drug-likeness (QED) is 0.923. The number of aryl methyl sites for hydroxylation is 1. The number of fused-ring (bicyclic) bond motifs is 1. The van der Waals surface area contributed by atoms with Crippen LogP contribution in [0, 0.1) is 5.92 Å². The third-order valence-electron chi connectivity index (χ3n) is 4.32. The predicted octanol–water partition coefficient (Wildman–Crippen LogP) is 3.45. The van der Waals surface area contributed by atoms with Gasteiger partial charge in [-0.05, 0) is 55.4 Å². The van der Waals surface area contributed by atoms with Crippen LogP contribution in [0.4, 0.5) is 0 Å². The van der Waals surface area contributed by atoms with Crippen molar-refractivity contribution in [3.63, 3.8) is 0 Å². The highest BCUT2D eigenvalue weighted by Gasteiger charge is 2.28. The molecule has 3 rings (SSSR count). The number of benzene rings is 1. The van der Waals surface area contributed by atoms with Crippen molar-refractivity contribution in [2.24, 2.45) is 5.92 Å². The molecule has 0 radical (unpaired) electrons. The SMILES string of the molecule is CC(NC1CCc2cc(Br)ccc21)C1CCOC1. The molecule has 1 aromatic rings. The molecule has 0 bridgehead atoms. The van der Waals surface area contributed by atoms with Crippen LogP contribution in [0.25, 0.3) is 0 Å². The van der Waals surface area contributed by atoms with Gasteiger partial charge < -0.3 is 10.1 Å². The molecule has 18 heavy (non-hydrogen) atoms. The van der Waals surface area contributed by atoms with Gasteiger partial charge in [-0.25, -0.2) is 0 Å². The Balaban J connectivity index is 1.68. The van der Waals surface area contributed by atoms with E-state index in [9.17, 15) is 0 Å². The predicted molar refractivity (Wildman–Crippen MR) is 76.7 cm³/mol. The van der Waals surface area contributed by atoms with Gasteiger partial charge in [0.25, 0.3) is 0 Å². The highest BCUT2D eigenvalue weighted by molar-refractivity contribution is 9.10. The van der Waals surface area contributed by atoms with Crippen LogP contribution in [0.1, 0.15) is 36.9 Å². The second-order valence-electron chi connectivity index (χ2n) is 5.51.